The monoisotopic (exact) mass is 424 g/mol. The maximum atomic E-state index is 14.6. The van der Waals surface area contributed by atoms with Gasteiger partial charge in [0.2, 0.25) is 0 Å². The number of benzene rings is 2. The van der Waals surface area contributed by atoms with Crippen molar-refractivity contribution < 1.29 is 18.6 Å². The second-order valence-electron chi connectivity index (χ2n) is 7.21. The first kappa shape index (κ1) is 22.5. The number of halogens is 1. The van der Waals surface area contributed by atoms with Crippen LogP contribution in [0.4, 0.5) is 4.39 Å². The molecule has 5 nitrogen and oxygen atoms in total. The van der Waals surface area contributed by atoms with Gasteiger partial charge in [-0.3, -0.25) is 0 Å². The van der Waals surface area contributed by atoms with E-state index in [4.69, 9.17) is 14.2 Å². The van der Waals surface area contributed by atoms with Crippen molar-refractivity contribution in [1.82, 2.24) is 10.2 Å². The number of nitrogens with zero attached hydrogens (tertiary/aromatic N) is 2. The molecule has 3 rings (SSSR count). The summed E-state index contributed by atoms with van der Waals surface area (Å²) in [6.45, 7) is 5.51. The molecule has 3 aromatic rings. The highest BCUT2D eigenvalue weighted by atomic mass is 19.1. The lowest BCUT2D eigenvalue weighted by Crippen LogP contribution is -2.07. The molecule has 2 aromatic carbocycles. The number of unbranched alkanes of at least 4 members (excludes halogenated alkanes) is 2. The molecule has 6 heteroatoms. The van der Waals surface area contributed by atoms with E-state index in [2.05, 4.69) is 24.0 Å². The van der Waals surface area contributed by atoms with E-state index >= 15 is 0 Å². The standard InChI is InChI=1S/C25H29FN2O3/c1-3-5-14-29-24-16-20(27-28-25(24)30-15-6-4-2)18-31-21-12-13-22(23(26)17-21)19-10-8-7-9-11-19/h7-13,16-17H,3-6,14-15,18H2,1-2H3. The Morgan fingerprint density at radius 3 is 2.26 bits per heavy atom. The topological polar surface area (TPSA) is 53.5 Å². The van der Waals surface area contributed by atoms with E-state index < -0.39 is 0 Å². The Morgan fingerprint density at radius 2 is 1.55 bits per heavy atom. The minimum atomic E-state index is -0.335. The summed E-state index contributed by atoms with van der Waals surface area (Å²) in [5.41, 5.74) is 1.94. The predicted octanol–water partition coefficient (Wildman–Crippen LogP) is 6.22. The first-order valence-corrected chi connectivity index (χ1v) is 10.8. The Kier molecular flexibility index (Phi) is 8.64. The minimum absolute atomic E-state index is 0.149. The molecular weight excluding hydrogens is 395 g/mol. The number of ether oxygens (including phenoxy) is 3. The van der Waals surface area contributed by atoms with E-state index in [1.165, 1.54) is 6.07 Å². The van der Waals surface area contributed by atoms with Crippen LogP contribution in [0.3, 0.4) is 0 Å². The molecule has 0 amide bonds. The fourth-order valence-electron chi connectivity index (χ4n) is 2.91. The van der Waals surface area contributed by atoms with Crippen LogP contribution in [-0.4, -0.2) is 23.4 Å². The molecule has 0 radical (unpaired) electrons. The van der Waals surface area contributed by atoms with Gasteiger partial charge in [-0.2, -0.15) is 0 Å². The molecule has 0 aliphatic rings. The first-order chi connectivity index (χ1) is 15.2. The maximum absolute atomic E-state index is 14.6. The fraction of sp³-hybridized carbons (Fsp3) is 0.360. The molecule has 0 spiro atoms. The van der Waals surface area contributed by atoms with E-state index in [-0.39, 0.29) is 12.4 Å². The van der Waals surface area contributed by atoms with Crippen LogP contribution in [-0.2, 0) is 6.61 Å². The van der Waals surface area contributed by atoms with Crippen LogP contribution in [0.25, 0.3) is 11.1 Å². The molecule has 0 unspecified atom stereocenters. The third-order valence-electron chi connectivity index (χ3n) is 4.68. The fourth-order valence-corrected chi connectivity index (χ4v) is 2.91. The van der Waals surface area contributed by atoms with Crippen LogP contribution in [0.5, 0.6) is 17.4 Å². The third-order valence-corrected chi connectivity index (χ3v) is 4.68. The van der Waals surface area contributed by atoms with Gasteiger partial charge in [0.15, 0.2) is 5.75 Å². The summed E-state index contributed by atoms with van der Waals surface area (Å²) in [5, 5.41) is 8.34. The van der Waals surface area contributed by atoms with E-state index in [1.54, 1.807) is 18.2 Å². The molecule has 0 saturated carbocycles. The summed E-state index contributed by atoms with van der Waals surface area (Å²) < 4.78 is 31.8. The minimum Gasteiger partial charge on any atom is -0.488 e. The Balaban J connectivity index is 1.67. The molecule has 0 aliphatic carbocycles. The van der Waals surface area contributed by atoms with Crippen LogP contribution < -0.4 is 14.2 Å². The van der Waals surface area contributed by atoms with Gasteiger partial charge in [0.1, 0.15) is 23.9 Å². The highest BCUT2D eigenvalue weighted by Crippen LogP contribution is 2.28. The number of rotatable bonds is 12. The van der Waals surface area contributed by atoms with Crippen molar-refractivity contribution in [3.63, 3.8) is 0 Å². The lowest BCUT2D eigenvalue weighted by Gasteiger charge is -2.13. The van der Waals surface area contributed by atoms with Gasteiger partial charge in [0.25, 0.3) is 5.88 Å². The highest BCUT2D eigenvalue weighted by Gasteiger charge is 2.12. The van der Waals surface area contributed by atoms with Gasteiger partial charge in [-0.25, -0.2) is 4.39 Å². The van der Waals surface area contributed by atoms with Crippen LogP contribution in [0.15, 0.2) is 54.6 Å². The van der Waals surface area contributed by atoms with Crippen molar-refractivity contribution in [1.29, 1.82) is 0 Å². The van der Waals surface area contributed by atoms with Crippen molar-refractivity contribution in [3.8, 4) is 28.5 Å². The van der Waals surface area contributed by atoms with E-state index in [0.29, 0.717) is 41.9 Å². The van der Waals surface area contributed by atoms with Crippen LogP contribution >= 0.6 is 0 Å². The Morgan fingerprint density at radius 1 is 0.806 bits per heavy atom. The molecule has 0 aliphatic heterocycles. The smallest absolute Gasteiger partial charge is 0.276 e. The van der Waals surface area contributed by atoms with Crippen molar-refractivity contribution in [3.05, 3.63) is 66.1 Å². The van der Waals surface area contributed by atoms with Gasteiger partial charge >= 0.3 is 0 Å². The van der Waals surface area contributed by atoms with E-state index in [1.807, 2.05) is 30.3 Å². The molecule has 0 fully saturated rings. The van der Waals surface area contributed by atoms with Crippen LogP contribution in [0, 0.1) is 5.82 Å². The van der Waals surface area contributed by atoms with Gasteiger partial charge in [-0.05, 0) is 30.5 Å². The number of hydrogen-bond acceptors (Lipinski definition) is 5. The largest absolute Gasteiger partial charge is 0.488 e. The molecule has 0 N–H and O–H groups in total. The number of hydrogen-bond donors (Lipinski definition) is 0. The molecule has 1 heterocycles. The zero-order chi connectivity index (χ0) is 21.9. The molecular formula is C25H29FN2O3. The Bertz CT molecular complexity index is 951. The van der Waals surface area contributed by atoms with E-state index in [9.17, 15) is 4.39 Å². The molecule has 0 atom stereocenters. The summed E-state index contributed by atoms with van der Waals surface area (Å²) in [4.78, 5) is 0. The Hall–Kier alpha value is -3.15. The molecule has 0 bridgehead atoms. The maximum Gasteiger partial charge on any atom is 0.276 e. The quantitative estimate of drug-likeness (QED) is 0.323. The average molecular weight is 425 g/mol. The molecule has 164 valence electrons. The first-order valence-electron chi connectivity index (χ1n) is 10.8. The SMILES string of the molecule is CCCCOc1cc(COc2ccc(-c3ccccc3)c(F)c2)nnc1OCCCC. The second kappa shape index (κ2) is 11.9. The molecule has 1 aromatic heterocycles. The van der Waals surface area contributed by atoms with Crippen LogP contribution in [0.1, 0.15) is 45.2 Å². The Labute approximate surface area is 183 Å². The van der Waals surface area contributed by atoms with Gasteiger partial charge < -0.3 is 14.2 Å². The summed E-state index contributed by atoms with van der Waals surface area (Å²) in [7, 11) is 0. The summed E-state index contributed by atoms with van der Waals surface area (Å²) >= 11 is 0. The average Bonchev–Trinajstić information content (AvgIpc) is 2.80. The molecule has 31 heavy (non-hydrogen) atoms. The second-order valence-corrected chi connectivity index (χ2v) is 7.21. The van der Waals surface area contributed by atoms with Crippen molar-refractivity contribution in [2.45, 2.75) is 46.1 Å². The van der Waals surface area contributed by atoms with Gasteiger partial charge in [-0.1, -0.05) is 57.0 Å². The van der Waals surface area contributed by atoms with Gasteiger partial charge in [0, 0.05) is 17.7 Å². The van der Waals surface area contributed by atoms with E-state index in [0.717, 1.165) is 31.2 Å². The lowest BCUT2D eigenvalue weighted by atomic mass is 10.1. The van der Waals surface area contributed by atoms with Crippen molar-refractivity contribution in [2.75, 3.05) is 13.2 Å². The normalized spacial score (nSPS) is 10.7. The summed E-state index contributed by atoms with van der Waals surface area (Å²) in [5.74, 6) is 1.05. The summed E-state index contributed by atoms with van der Waals surface area (Å²) in [6.07, 6.45) is 3.94. The van der Waals surface area contributed by atoms with Gasteiger partial charge in [0.05, 0.1) is 13.2 Å². The summed E-state index contributed by atoms with van der Waals surface area (Å²) in [6, 6.07) is 16.0. The zero-order valence-corrected chi connectivity index (χ0v) is 18.1. The lowest BCUT2D eigenvalue weighted by molar-refractivity contribution is 0.246. The van der Waals surface area contributed by atoms with Gasteiger partial charge in [-0.15, -0.1) is 10.2 Å². The zero-order valence-electron chi connectivity index (χ0n) is 18.1. The molecule has 0 saturated heterocycles. The van der Waals surface area contributed by atoms with Crippen LogP contribution in [0.2, 0.25) is 0 Å². The van der Waals surface area contributed by atoms with Crippen molar-refractivity contribution >= 4 is 0 Å². The number of aromatic nitrogens is 2. The predicted molar refractivity (Wildman–Crippen MR) is 119 cm³/mol. The third kappa shape index (κ3) is 6.67. The highest BCUT2D eigenvalue weighted by molar-refractivity contribution is 5.64. The van der Waals surface area contributed by atoms with Crippen molar-refractivity contribution in [2.24, 2.45) is 0 Å².